The highest BCUT2D eigenvalue weighted by Gasteiger charge is 2.18. The minimum absolute atomic E-state index is 0.202. The molecule has 8 rings (SSSR count). The number of ketones is 1. The number of carbonyl (C=O) groups excluding carboxylic acids is 1. The Kier molecular flexibility index (Phi) is 8.21. The van der Waals surface area contributed by atoms with Gasteiger partial charge in [0.15, 0.2) is 5.78 Å². The van der Waals surface area contributed by atoms with E-state index in [0.717, 1.165) is 63.0 Å². The summed E-state index contributed by atoms with van der Waals surface area (Å²) < 4.78 is 2.36. The Hall–Kier alpha value is -5.99. The van der Waals surface area contributed by atoms with Crippen molar-refractivity contribution in [2.45, 2.75) is 26.2 Å². The van der Waals surface area contributed by atoms with Gasteiger partial charge >= 0.3 is 0 Å². The molecule has 2 nitrogen and oxygen atoms in total. The van der Waals surface area contributed by atoms with Gasteiger partial charge in [-0.25, -0.2) is 0 Å². The first-order valence-electron chi connectivity index (χ1n) is 17.2. The molecule has 0 fully saturated rings. The second kappa shape index (κ2) is 13.3. The fourth-order valence-electron chi connectivity index (χ4n) is 7.11. The van der Waals surface area contributed by atoms with Gasteiger partial charge in [0.05, 0.1) is 11.0 Å². The molecule has 0 saturated carbocycles. The minimum Gasteiger partial charge on any atom is -0.309 e. The highest BCUT2D eigenvalue weighted by molar-refractivity contribution is 6.10. The molecule has 0 bridgehead atoms. The molecule has 0 N–H and O–H groups in total. The van der Waals surface area contributed by atoms with E-state index in [1.165, 1.54) is 27.4 Å². The van der Waals surface area contributed by atoms with E-state index < -0.39 is 0 Å². The average Bonchev–Trinajstić information content (AvgIpc) is 3.51. The van der Waals surface area contributed by atoms with E-state index in [1.807, 2.05) is 12.1 Å². The lowest BCUT2D eigenvalue weighted by molar-refractivity contribution is 0.0980. The van der Waals surface area contributed by atoms with Crippen LogP contribution in [0.3, 0.4) is 0 Å². The summed E-state index contributed by atoms with van der Waals surface area (Å²) in [5.74, 6) is 0.202. The first-order chi connectivity index (χ1) is 24.2. The fraction of sp³-hybridized carbons (Fsp3) is 0.0851. The van der Waals surface area contributed by atoms with Crippen LogP contribution in [0.15, 0.2) is 170 Å². The summed E-state index contributed by atoms with van der Waals surface area (Å²) in [6.45, 7) is 2.13. The molecule has 49 heavy (non-hydrogen) atoms. The number of benzene rings is 7. The molecular weight excluding hydrogens is 595 g/mol. The lowest BCUT2D eigenvalue weighted by Crippen LogP contribution is -2.00. The number of fused-ring (bicyclic) bond motifs is 3. The topological polar surface area (TPSA) is 22.0 Å². The van der Waals surface area contributed by atoms with Crippen LogP contribution in [0, 0.1) is 0 Å². The monoisotopic (exact) mass is 631 g/mol. The summed E-state index contributed by atoms with van der Waals surface area (Å²) in [6.07, 6.45) is 2.48. The van der Waals surface area contributed by atoms with Crippen LogP contribution in [0.4, 0.5) is 0 Å². The van der Waals surface area contributed by atoms with E-state index in [2.05, 4.69) is 169 Å². The zero-order chi connectivity index (χ0) is 33.2. The molecule has 0 spiro atoms. The molecule has 2 heteroatoms. The third-order valence-electron chi connectivity index (χ3n) is 9.60. The van der Waals surface area contributed by atoms with E-state index in [1.54, 1.807) is 0 Å². The van der Waals surface area contributed by atoms with Crippen LogP contribution in [0.5, 0.6) is 0 Å². The van der Waals surface area contributed by atoms with Gasteiger partial charge < -0.3 is 4.57 Å². The van der Waals surface area contributed by atoms with Crippen LogP contribution < -0.4 is 0 Å². The fourth-order valence-corrected chi connectivity index (χ4v) is 7.11. The standard InChI is InChI=1S/C47H37NO/c1-2-3-23-47(49)37-25-28-40(43(32-37)34-17-9-5-10-18-34)39-27-24-35(30-42(39)33-15-7-4-8-16-33)36-26-29-46-44(31-36)41-21-13-14-22-45(41)48(46)38-19-11-6-12-20-38/h4-22,24-32H,2-3,23H2,1H3. The molecule has 0 aliphatic heterocycles. The summed E-state index contributed by atoms with van der Waals surface area (Å²) in [5, 5.41) is 2.47. The van der Waals surface area contributed by atoms with Crippen molar-refractivity contribution in [3.8, 4) is 50.2 Å². The number of nitrogens with zero attached hydrogens (tertiary/aromatic N) is 1. The summed E-state index contributed by atoms with van der Waals surface area (Å²) >= 11 is 0. The van der Waals surface area contributed by atoms with E-state index in [-0.39, 0.29) is 5.78 Å². The molecule has 0 aliphatic rings. The summed E-state index contributed by atoms with van der Waals surface area (Å²) in [7, 11) is 0. The van der Waals surface area contributed by atoms with Crippen molar-refractivity contribution < 1.29 is 4.79 Å². The van der Waals surface area contributed by atoms with Crippen molar-refractivity contribution in [1.82, 2.24) is 4.57 Å². The first kappa shape index (κ1) is 30.4. The molecular formula is C47H37NO. The first-order valence-corrected chi connectivity index (χ1v) is 17.2. The smallest absolute Gasteiger partial charge is 0.162 e. The zero-order valence-corrected chi connectivity index (χ0v) is 27.6. The Morgan fingerprint density at radius 2 is 1.02 bits per heavy atom. The molecule has 0 unspecified atom stereocenters. The summed E-state index contributed by atoms with van der Waals surface area (Å²) in [4.78, 5) is 13.2. The van der Waals surface area contributed by atoms with Gasteiger partial charge in [0.1, 0.15) is 0 Å². The van der Waals surface area contributed by atoms with Gasteiger partial charge in [-0.1, -0.05) is 141 Å². The average molecular weight is 632 g/mol. The van der Waals surface area contributed by atoms with Crippen LogP contribution in [-0.2, 0) is 0 Å². The maximum atomic E-state index is 13.2. The number of aromatic nitrogens is 1. The quantitative estimate of drug-likeness (QED) is 0.145. The molecule has 236 valence electrons. The summed E-state index contributed by atoms with van der Waals surface area (Å²) in [5.41, 5.74) is 13.4. The largest absolute Gasteiger partial charge is 0.309 e. The second-order valence-electron chi connectivity index (χ2n) is 12.7. The second-order valence-corrected chi connectivity index (χ2v) is 12.7. The van der Waals surface area contributed by atoms with E-state index in [0.29, 0.717) is 6.42 Å². The maximum absolute atomic E-state index is 13.2. The maximum Gasteiger partial charge on any atom is 0.162 e. The van der Waals surface area contributed by atoms with Gasteiger partial charge in [-0.15, -0.1) is 0 Å². The lowest BCUT2D eigenvalue weighted by Gasteiger charge is -2.18. The van der Waals surface area contributed by atoms with Crippen molar-refractivity contribution in [1.29, 1.82) is 0 Å². The highest BCUT2D eigenvalue weighted by atomic mass is 16.1. The molecule has 1 aromatic heterocycles. The molecule has 8 aromatic rings. The van der Waals surface area contributed by atoms with Crippen LogP contribution in [0.2, 0.25) is 0 Å². The molecule has 1 heterocycles. The molecule has 0 saturated heterocycles. The zero-order valence-electron chi connectivity index (χ0n) is 27.6. The van der Waals surface area contributed by atoms with Crippen molar-refractivity contribution >= 4 is 27.6 Å². The lowest BCUT2D eigenvalue weighted by atomic mass is 9.86. The third-order valence-corrected chi connectivity index (χ3v) is 9.60. The Balaban J connectivity index is 1.30. The normalized spacial score (nSPS) is 11.3. The SMILES string of the molecule is CCCCC(=O)c1ccc(-c2ccc(-c3ccc4c(c3)c3ccccc3n4-c3ccccc3)cc2-c2ccccc2)c(-c2ccccc2)c1. The number of hydrogen-bond acceptors (Lipinski definition) is 1. The highest BCUT2D eigenvalue weighted by Crippen LogP contribution is 2.42. The van der Waals surface area contributed by atoms with Crippen LogP contribution in [0.25, 0.3) is 72.0 Å². The van der Waals surface area contributed by atoms with Gasteiger partial charge in [-0.3, -0.25) is 4.79 Å². The molecule has 0 atom stereocenters. The van der Waals surface area contributed by atoms with Gasteiger partial charge in [0.2, 0.25) is 0 Å². The Morgan fingerprint density at radius 1 is 0.469 bits per heavy atom. The van der Waals surface area contributed by atoms with Gasteiger partial charge in [-0.2, -0.15) is 0 Å². The number of para-hydroxylation sites is 2. The van der Waals surface area contributed by atoms with E-state index in [4.69, 9.17) is 0 Å². The van der Waals surface area contributed by atoms with Crippen molar-refractivity contribution in [3.05, 3.63) is 175 Å². The predicted molar refractivity (Wildman–Crippen MR) is 206 cm³/mol. The molecule has 0 radical (unpaired) electrons. The van der Waals surface area contributed by atoms with Gasteiger partial charge in [0, 0.05) is 28.4 Å². The number of carbonyl (C=O) groups is 1. The number of unbranched alkanes of at least 4 members (excludes halogenated alkanes) is 1. The van der Waals surface area contributed by atoms with Gasteiger partial charge in [0.25, 0.3) is 0 Å². The molecule has 7 aromatic carbocycles. The van der Waals surface area contributed by atoms with Crippen LogP contribution in [0.1, 0.15) is 36.5 Å². The predicted octanol–water partition coefficient (Wildman–Crippen LogP) is 12.8. The van der Waals surface area contributed by atoms with Crippen molar-refractivity contribution in [3.63, 3.8) is 0 Å². The molecule has 0 aliphatic carbocycles. The van der Waals surface area contributed by atoms with Crippen molar-refractivity contribution in [2.24, 2.45) is 0 Å². The van der Waals surface area contributed by atoms with Crippen LogP contribution >= 0.6 is 0 Å². The Labute approximate surface area is 287 Å². The Bertz CT molecular complexity index is 2420. The third kappa shape index (κ3) is 5.76. The van der Waals surface area contributed by atoms with Crippen molar-refractivity contribution in [2.75, 3.05) is 0 Å². The van der Waals surface area contributed by atoms with E-state index in [9.17, 15) is 4.79 Å². The van der Waals surface area contributed by atoms with E-state index >= 15 is 0 Å². The molecule has 0 amide bonds. The number of hydrogen-bond donors (Lipinski definition) is 0. The number of rotatable bonds is 9. The van der Waals surface area contributed by atoms with Crippen LogP contribution in [-0.4, -0.2) is 10.4 Å². The summed E-state index contributed by atoms with van der Waals surface area (Å²) in [6, 6.07) is 60.3. The Morgan fingerprint density at radius 3 is 1.71 bits per heavy atom. The number of Topliss-reactive ketones (excluding diaryl/α,β-unsaturated/α-hetero) is 1. The van der Waals surface area contributed by atoms with Gasteiger partial charge in [-0.05, 0) is 93.4 Å². The minimum atomic E-state index is 0.202.